The Morgan fingerprint density at radius 1 is 1.35 bits per heavy atom. The SMILES string of the molecule is CCNC(Cc1cnccc1N)C1Cc2ccccc21. The number of hydrogen-bond donors (Lipinski definition) is 2. The molecule has 2 atom stereocenters. The maximum atomic E-state index is 6.05. The number of nitrogen functional groups attached to an aromatic ring is 1. The Kier molecular flexibility index (Phi) is 3.70. The van der Waals surface area contributed by atoms with Crippen molar-refractivity contribution >= 4 is 5.69 Å². The summed E-state index contributed by atoms with van der Waals surface area (Å²) in [5.41, 5.74) is 11.0. The number of nitrogens with one attached hydrogen (secondary N) is 1. The minimum Gasteiger partial charge on any atom is -0.398 e. The van der Waals surface area contributed by atoms with E-state index in [0.717, 1.165) is 30.6 Å². The van der Waals surface area contributed by atoms with Gasteiger partial charge < -0.3 is 11.1 Å². The summed E-state index contributed by atoms with van der Waals surface area (Å²) < 4.78 is 0. The summed E-state index contributed by atoms with van der Waals surface area (Å²) in [6.07, 6.45) is 5.74. The van der Waals surface area contributed by atoms with Crippen molar-refractivity contribution in [1.29, 1.82) is 0 Å². The normalized spacial score (nSPS) is 18.1. The molecule has 104 valence electrons. The number of rotatable bonds is 5. The number of likely N-dealkylation sites (N-methyl/N-ethyl adjacent to an activating group) is 1. The highest BCUT2D eigenvalue weighted by Crippen LogP contribution is 2.38. The molecule has 3 N–H and O–H groups in total. The van der Waals surface area contributed by atoms with Crippen LogP contribution in [0, 0.1) is 0 Å². The van der Waals surface area contributed by atoms with E-state index in [2.05, 4.69) is 41.5 Å². The summed E-state index contributed by atoms with van der Waals surface area (Å²) >= 11 is 0. The van der Waals surface area contributed by atoms with Crippen molar-refractivity contribution in [3.8, 4) is 0 Å². The molecule has 1 aliphatic carbocycles. The smallest absolute Gasteiger partial charge is 0.0378 e. The molecule has 1 heterocycles. The van der Waals surface area contributed by atoms with Crippen LogP contribution in [-0.4, -0.2) is 17.6 Å². The molecule has 2 unspecified atom stereocenters. The topological polar surface area (TPSA) is 50.9 Å². The van der Waals surface area contributed by atoms with Gasteiger partial charge in [-0.1, -0.05) is 31.2 Å². The first kappa shape index (κ1) is 13.1. The van der Waals surface area contributed by atoms with Gasteiger partial charge in [0.25, 0.3) is 0 Å². The molecular formula is C17H21N3. The third-order valence-electron chi connectivity index (χ3n) is 4.23. The average molecular weight is 267 g/mol. The van der Waals surface area contributed by atoms with Gasteiger partial charge in [-0.05, 0) is 42.1 Å². The van der Waals surface area contributed by atoms with Gasteiger partial charge in [-0.15, -0.1) is 0 Å². The fourth-order valence-corrected chi connectivity index (χ4v) is 3.12. The number of benzene rings is 1. The number of anilines is 1. The van der Waals surface area contributed by atoms with Gasteiger partial charge in [0, 0.05) is 30.0 Å². The summed E-state index contributed by atoms with van der Waals surface area (Å²) in [5.74, 6) is 0.589. The van der Waals surface area contributed by atoms with Crippen molar-refractivity contribution in [3.63, 3.8) is 0 Å². The molecule has 0 bridgehead atoms. The van der Waals surface area contributed by atoms with E-state index in [1.807, 2.05) is 12.3 Å². The Hall–Kier alpha value is -1.87. The van der Waals surface area contributed by atoms with Crippen molar-refractivity contribution in [2.75, 3.05) is 12.3 Å². The molecule has 3 heteroatoms. The number of fused-ring (bicyclic) bond motifs is 1. The van der Waals surface area contributed by atoms with Crippen LogP contribution in [0.3, 0.4) is 0 Å². The predicted molar refractivity (Wildman–Crippen MR) is 82.7 cm³/mol. The van der Waals surface area contributed by atoms with Crippen LogP contribution in [0.25, 0.3) is 0 Å². The van der Waals surface area contributed by atoms with Gasteiger partial charge >= 0.3 is 0 Å². The third-order valence-corrected chi connectivity index (χ3v) is 4.23. The fourth-order valence-electron chi connectivity index (χ4n) is 3.12. The summed E-state index contributed by atoms with van der Waals surface area (Å²) in [4.78, 5) is 4.20. The second-order valence-electron chi connectivity index (χ2n) is 5.45. The van der Waals surface area contributed by atoms with Crippen LogP contribution in [0.4, 0.5) is 5.69 Å². The van der Waals surface area contributed by atoms with Crippen molar-refractivity contribution in [3.05, 3.63) is 59.4 Å². The molecule has 1 aromatic heterocycles. The number of hydrogen-bond acceptors (Lipinski definition) is 3. The number of nitrogens with two attached hydrogens (primary N) is 1. The van der Waals surface area contributed by atoms with Crippen molar-refractivity contribution < 1.29 is 0 Å². The van der Waals surface area contributed by atoms with Crippen molar-refractivity contribution in [1.82, 2.24) is 10.3 Å². The first-order chi connectivity index (χ1) is 9.79. The number of nitrogens with zero attached hydrogens (tertiary/aromatic N) is 1. The minimum absolute atomic E-state index is 0.432. The summed E-state index contributed by atoms with van der Waals surface area (Å²) in [6.45, 7) is 3.13. The monoisotopic (exact) mass is 267 g/mol. The van der Waals surface area contributed by atoms with Gasteiger partial charge in [-0.2, -0.15) is 0 Å². The highest BCUT2D eigenvalue weighted by atomic mass is 14.9. The van der Waals surface area contributed by atoms with Gasteiger partial charge in [0.2, 0.25) is 0 Å². The summed E-state index contributed by atoms with van der Waals surface area (Å²) in [7, 11) is 0. The third kappa shape index (κ3) is 2.41. The number of pyridine rings is 1. The molecule has 0 amide bonds. The molecular weight excluding hydrogens is 246 g/mol. The van der Waals surface area contributed by atoms with E-state index in [1.54, 1.807) is 6.20 Å². The van der Waals surface area contributed by atoms with E-state index < -0.39 is 0 Å². The van der Waals surface area contributed by atoms with E-state index in [9.17, 15) is 0 Å². The van der Waals surface area contributed by atoms with E-state index >= 15 is 0 Å². The Morgan fingerprint density at radius 3 is 2.95 bits per heavy atom. The zero-order valence-corrected chi connectivity index (χ0v) is 11.8. The maximum Gasteiger partial charge on any atom is 0.0378 e. The summed E-state index contributed by atoms with van der Waals surface area (Å²) in [6, 6.07) is 11.0. The lowest BCUT2D eigenvalue weighted by atomic mass is 9.72. The largest absolute Gasteiger partial charge is 0.398 e. The Labute approximate surface area is 120 Å². The molecule has 0 radical (unpaired) electrons. The molecule has 0 saturated heterocycles. The highest BCUT2D eigenvalue weighted by Gasteiger charge is 2.32. The Balaban J connectivity index is 1.79. The molecule has 0 saturated carbocycles. The molecule has 1 aromatic carbocycles. The van der Waals surface area contributed by atoms with Crippen LogP contribution in [0.15, 0.2) is 42.7 Å². The molecule has 2 aromatic rings. The van der Waals surface area contributed by atoms with Gasteiger partial charge in [0.05, 0.1) is 0 Å². The Bertz CT molecular complexity index is 594. The van der Waals surface area contributed by atoms with Crippen molar-refractivity contribution in [2.24, 2.45) is 0 Å². The van der Waals surface area contributed by atoms with Gasteiger partial charge in [-0.3, -0.25) is 4.98 Å². The standard InChI is InChI=1S/C17H21N3/c1-2-20-17(10-13-11-19-8-7-16(13)18)15-9-12-5-3-4-6-14(12)15/h3-8,11,15,17,20H,2,9-10H2,1H3,(H2,18,19). The van der Waals surface area contributed by atoms with Gasteiger partial charge in [-0.25, -0.2) is 0 Å². The highest BCUT2D eigenvalue weighted by molar-refractivity contribution is 5.46. The predicted octanol–water partition coefficient (Wildman–Crippen LogP) is 2.52. The fraction of sp³-hybridized carbons (Fsp3) is 0.353. The van der Waals surface area contributed by atoms with Crippen LogP contribution in [0.1, 0.15) is 29.5 Å². The number of aromatic nitrogens is 1. The van der Waals surface area contributed by atoms with E-state index in [1.165, 1.54) is 11.1 Å². The zero-order valence-electron chi connectivity index (χ0n) is 11.8. The molecule has 20 heavy (non-hydrogen) atoms. The molecule has 1 aliphatic rings. The van der Waals surface area contributed by atoms with Gasteiger partial charge in [0.15, 0.2) is 0 Å². The first-order valence-electron chi connectivity index (χ1n) is 7.29. The molecule has 0 aliphatic heterocycles. The van der Waals surface area contributed by atoms with Crippen LogP contribution < -0.4 is 11.1 Å². The van der Waals surface area contributed by atoms with E-state index in [-0.39, 0.29) is 0 Å². The second-order valence-corrected chi connectivity index (χ2v) is 5.45. The van der Waals surface area contributed by atoms with E-state index in [0.29, 0.717) is 12.0 Å². The van der Waals surface area contributed by atoms with E-state index in [4.69, 9.17) is 5.73 Å². The zero-order chi connectivity index (χ0) is 13.9. The van der Waals surface area contributed by atoms with Crippen LogP contribution in [0.5, 0.6) is 0 Å². The molecule has 0 fully saturated rings. The molecule has 3 rings (SSSR count). The lowest BCUT2D eigenvalue weighted by Crippen LogP contribution is -2.41. The minimum atomic E-state index is 0.432. The first-order valence-corrected chi connectivity index (χ1v) is 7.29. The lowest BCUT2D eigenvalue weighted by Gasteiger charge is -2.37. The summed E-state index contributed by atoms with van der Waals surface area (Å²) in [5, 5.41) is 3.62. The lowest BCUT2D eigenvalue weighted by molar-refractivity contribution is 0.405. The Morgan fingerprint density at radius 2 is 2.20 bits per heavy atom. The average Bonchev–Trinajstić information content (AvgIpc) is 2.43. The van der Waals surface area contributed by atoms with Crippen LogP contribution in [0.2, 0.25) is 0 Å². The second kappa shape index (κ2) is 5.63. The van der Waals surface area contributed by atoms with Crippen LogP contribution in [-0.2, 0) is 12.8 Å². The quantitative estimate of drug-likeness (QED) is 0.875. The molecule has 0 spiro atoms. The molecule has 3 nitrogen and oxygen atoms in total. The van der Waals surface area contributed by atoms with Gasteiger partial charge in [0.1, 0.15) is 0 Å². The maximum absolute atomic E-state index is 6.05. The van der Waals surface area contributed by atoms with Crippen molar-refractivity contribution in [2.45, 2.75) is 31.7 Å². The van der Waals surface area contributed by atoms with Crippen LogP contribution >= 0.6 is 0 Å².